The minimum atomic E-state index is -4.79. The van der Waals surface area contributed by atoms with Crippen molar-refractivity contribution in [2.24, 2.45) is 7.05 Å². The standard InChI is InChI=1S/C27H27F3N6O2S/c1-16(2)20-6-4-5-7-22(20)33-26(39)34-31-15-17-8-13-21-23(14-17)36(3)35-24(21)25(37)32-18-9-11-19(12-10-18)38-27(28,29)30/h4-14,16,31H,15H2,1-3H3,(H,32,37)(H2,33,34,39). The highest BCUT2D eigenvalue weighted by molar-refractivity contribution is 7.80. The van der Waals surface area contributed by atoms with Crippen LogP contribution in [-0.2, 0) is 13.6 Å². The third-order valence-electron chi connectivity index (χ3n) is 5.80. The van der Waals surface area contributed by atoms with E-state index in [1.165, 1.54) is 12.1 Å². The second-order valence-electron chi connectivity index (χ2n) is 9.02. The Morgan fingerprint density at radius 1 is 1.05 bits per heavy atom. The molecule has 39 heavy (non-hydrogen) atoms. The number of aromatic nitrogens is 2. The molecule has 8 nitrogen and oxygen atoms in total. The first-order valence-electron chi connectivity index (χ1n) is 12.0. The van der Waals surface area contributed by atoms with Crippen molar-refractivity contribution in [1.29, 1.82) is 0 Å². The molecule has 12 heteroatoms. The van der Waals surface area contributed by atoms with E-state index in [0.29, 0.717) is 28.6 Å². The zero-order chi connectivity index (χ0) is 28.2. The maximum absolute atomic E-state index is 12.9. The summed E-state index contributed by atoms with van der Waals surface area (Å²) in [6.45, 7) is 4.68. The van der Waals surface area contributed by atoms with Gasteiger partial charge in [0.15, 0.2) is 10.8 Å². The molecule has 0 spiro atoms. The molecule has 4 rings (SSSR count). The first-order valence-corrected chi connectivity index (χ1v) is 12.4. The number of thiocarbonyl (C=S) groups is 1. The van der Waals surface area contributed by atoms with E-state index in [4.69, 9.17) is 12.2 Å². The van der Waals surface area contributed by atoms with Crippen LogP contribution in [0.4, 0.5) is 24.5 Å². The summed E-state index contributed by atoms with van der Waals surface area (Å²) in [6, 6.07) is 18.4. The highest BCUT2D eigenvalue weighted by atomic mass is 32.1. The Labute approximate surface area is 228 Å². The lowest BCUT2D eigenvalue weighted by atomic mass is 10.0. The SMILES string of the molecule is CC(C)c1ccccc1NC(=S)NNCc1ccc2c(C(=O)Nc3ccc(OC(F)(F)F)cc3)nn(C)c2c1. The lowest BCUT2D eigenvalue weighted by Gasteiger charge is -2.16. The predicted molar refractivity (Wildman–Crippen MR) is 149 cm³/mol. The third kappa shape index (κ3) is 7.24. The van der Waals surface area contributed by atoms with E-state index >= 15 is 0 Å². The molecule has 3 aromatic carbocycles. The van der Waals surface area contributed by atoms with Crippen LogP contribution >= 0.6 is 12.2 Å². The van der Waals surface area contributed by atoms with Crippen LogP contribution in [-0.4, -0.2) is 27.2 Å². The molecule has 4 N–H and O–H groups in total. The maximum atomic E-state index is 12.9. The van der Waals surface area contributed by atoms with Crippen molar-refractivity contribution in [3.8, 4) is 5.75 Å². The fourth-order valence-corrected chi connectivity index (χ4v) is 4.19. The molecular formula is C27H27F3N6O2S. The van der Waals surface area contributed by atoms with E-state index in [9.17, 15) is 18.0 Å². The lowest BCUT2D eigenvalue weighted by molar-refractivity contribution is -0.274. The summed E-state index contributed by atoms with van der Waals surface area (Å²) in [5, 5.41) is 11.3. The van der Waals surface area contributed by atoms with Crippen LogP contribution in [0.3, 0.4) is 0 Å². The number of amides is 1. The van der Waals surface area contributed by atoms with E-state index in [1.807, 2.05) is 30.3 Å². The van der Waals surface area contributed by atoms with E-state index < -0.39 is 12.3 Å². The average molecular weight is 557 g/mol. The van der Waals surface area contributed by atoms with Crippen LogP contribution in [0.5, 0.6) is 5.75 Å². The van der Waals surface area contributed by atoms with Gasteiger partial charge in [0.05, 0.1) is 5.52 Å². The van der Waals surface area contributed by atoms with Gasteiger partial charge in [-0.25, -0.2) is 5.43 Å². The third-order valence-corrected chi connectivity index (χ3v) is 6.01. The molecule has 0 aliphatic rings. The number of benzene rings is 3. The Hall–Kier alpha value is -4.16. The van der Waals surface area contributed by atoms with Crippen LogP contribution < -0.4 is 26.2 Å². The van der Waals surface area contributed by atoms with E-state index in [-0.39, 0.29) is 11.4 Å². The number of nitrogens with zero attached hydrogens (tertiary/aromatic N) is 2. The molecule has 0 aliphatic heterocycles. The Morgan fingerprint density at radius 2 is 1.77 bits per heavy atom. The molecule has 0 fully saturated rings. The monoisotopic (exact) mass is 556 g/mol. The highest BCUT2D eigenvalue weighted by Crippen LogP contribution is 2.26. The summed E-state index contributed by atoms with van der Waals surface area (Å²) in [5.41, 5.74) is 10.3. The predicted octanol–water partition coefficient (Wildman–Crippen LogP) is 5.84. The number of anilines is 2. The number of carbonyl (C=O) groups excluding carboxylic acids is 1. The number of hydrazine groups is 1. The Bertz CT molecular complexity index is 1490. The van der Waals surface area contributed by atoms with Gasteiger partial charge in [-0.15, -0.1) is 13.2 Å². The van der Waals surface area contributed by atoms with Gasteiger partial charge in [-0.1, -0.05) is 44.2 Å². The number of fused-ring (bicyclic) bond motifs is 1. The van der Waals surface area contributed by atoms with Crippen molar-refractivity contribution in [2.75, 3.05) is 10.6 Å². The largest absolute Gasteiger partial charge is 0.573 e. The van der Waals surface area contributed by atoms with E-state index in [2.05, 4.69) is 51.2 Å². The first-order chi connectivity index (χ1) is 18.5. The van der Waals surface area contributed by atoms with Gasteiger partial charge in [0.1, 0.15) is 5.75 Å². The zero-order valence-electron chi connectivity index (χ0n) is 21.4. The highest BCUT2D eigenvalue weighted by Gasteiger charge is 2.31. The normalized spacial score (nSPS) is 11.5. The Kier molecular flexibility index (Phi) is 8.36. The van der Waals surface area contributed by atoms with Gasteiger partial charge in [-0.3, -0.25) is 14.9 Å². The summed E-state index contributed by atoms with van der Waals surface area (Å²) < 4.78 is 42.5. The summed E-state index contributed by atoms with van der Waals surface area (Å²) in [5.74, 6) is -0.521. The minimum absolute atomic E-state index is 0.190. The number of hydrogen-bond donors (Lipinski definition) is 4. The van der Waals surface area contributed by atoms with Crippen molar-refractivity contribution in [2.45, 2.75) is 32.7 Å². The summed E-state index contributed by atoms with van der Waals surface area (Å²) in [6.07, 6.45) is -4.79. The Morgan fingerprint density at radius 3 is 2.46 bits per heavy atom. The topological polar surface area (TPSA) is 92.2 Å². The summed E-state index contributed by atoms with van der Waals surface area (Å²) in [7, 11) is 1.73. The average Bonchev–Trinajstić information content (AvgIpc) is 3.20. The number of carbonyl (C=O) groups is 1. The van der Waals surface area contributed by atoms with E-state index in [1.54, 1.807) is 17.8 Å². The summed E-state index contributed by atoms with van der Waals surface area (Å²) in [4.78, 5) is 12.9. The number of ether oxygens (including phenoxy) is 1. The fourth-order valence-electron chi connectivity index (χ4n) is 4.01. The number of hydrogen-bond acceptors (Lipinski definition) is 5. The second-order valence-corrected chi connectivity index (χ2v) is 9.43. The molecule has 1 aromatic heterocycles. The second kappa shape index (κ2) is 11.7. The van der Waals surface area contributed by atoms with E-state index in [0.717, 1.165) is 34.5 Å². The smallest absolute Gasteiger partial charge is 0.406 e. The number of rotatable bonds is 8. The van der Waals surface area contributed by atoms with Crippen LogP contribution in [0.2, 0.25) is 0 Å². The van der Waals surface area contributed by atoms with Crippen molar-refractivity contribution >= 4 is 45.5 Å². The molecule has 0 unspecified atom stereocenters. The fraction of sp³-hybridized carbons (Fsp3) is 0.222. The van der Waals surface area contributed by atoms with Gasteiger partial charge in [-0.05, 0) is 65.7 Å². The van der Waals surface area contributed by atoms with Crippen LogP contribution in [0.1, 0.15) is 41.4 Å². The van der Waals surface area contributed by atoms with Crippen molar-refractivity contribution in [3.63, 3.8) is 0 Å². The van der Waals surface area contributed by atoms with Crippen LogP contribution in [0.15, 0.2) is 66.7 Å². The van der Waals surface area contributed by atoms with Gasteiger partial charge in [0, 0.05) is 30.4 Å². The molecule has 1 heterocycles. The van der Waals surface area contributed by atoms with Crippen LogP contribution in [0.25, 0.3) is 10.9 Å². The minimum Gasteiger partial charge on any atom is -0.406 e. The number of alkyl halides is 3. The first kappa shape index (κ1) is 27.9. The zero-order valence-corrected chi connectivity index (χ0v) is 22.2. The number of halogens is 3. The molecule has 0 saturated heterocycles. The molecule has 0 bridgehead atoms. The molecule has 204 valence electrons. The van der Waals surface area contributed by atoms with Gasteiger partial charge < -0.3 is 15.4 Å². The Balaban J connectivity index is 1.37. The quantitative estimate of drug-likeness (QED) is 0.160. The van der Waals surface area contributed by atoms with Gasteiger partial charge in [0.2, 0.25) is 0 Å². The lowest BCUT2D eigenvalue weighted by Crippen LogP contribution is -2.39. The maximum Gasteiger partial charge on any atom is 0.573 e. The van der Waals surface area contributed by atoms with Gasteiger partial charge in [-0.2, -0.15) is 5.10 Å². The molecule has 0 atom stereocenters. The van der Waals surface area contributed by atoms with Crippen molar-refractivity contribution in [3.05, 3.63) is 83.6 Å². The van der Waals surface area contributed by atoms with Crippen LogP contribution in [0, 0.1) is 0 Å². The van der Waals surface area contributed by atoms with Crippen molar-refractivity contribution in [1.82, 2.24) is 20.6 Å². The molecule has 0 aliphatic carbocycles. The summed E-state index contributed by atoms with van der Waals surface area (Å²) >= 11 is 5.41. The molecular weight excluding hydrogens is 529 g/mol. The molecule has 1 amide bonds. The molecule has 0 saturated carbocycles. The number of nitrogens with one attached hydrogen (secondary N) is 4. The molecule has 4 aromatic rings. The van der Waals surface area contributed by atoms with Crippen molar-refractivity contribution < 1.29 is 22.7 Å². The number of aryl methyl sites for hydroxylation is 1. The number of para-hydroxylation sites is 1. The van der Waals surface area contributed by atoms with Gasteiger partial charge >= 0.3 is 6.36 Å². The molecule has 0 radical (unpaired) electrons. The van der Waals surface area contributed by atoms with Gasteiger partial charge in [0.25, 0.3) is 5.91 Å².